The van der Waals surface area contributed by atoms with E-state index < -0.39 is 5.41 Å². The Bertz CT molecular complexity index is 623. The van der Waals surface area contributed by atoms with Crippen molar-refractivity contribution < 1.29 is 0 Å². The lowest BCUT2D eigenvalue weighted by molar-refractivity contribution is 0.536. The summed E-state index contributed by atoms with van der Waals surface area (Å²) < 4.78 is 0.946. The first-order valence-corrected chi connectivity index (χ1v) is 8.94. The van der Waals surface area contributed by atoms with Crippen molar-refractivity contribution in [1.82, 2.24) is 0 Å². The van der Waals surface area contributed by atoms with Crippen LogP contribution in [0.15, 0.2) is 46.9 Å². The van der Waals surface area contributed by atoms with Crippen molar-refractivity contribution in [3.63, 3.8) is 0 Å². The predicted octanol–water partition coefficient (Wildman–Crippen LogP) is 6.71. The fourth-order valence-corrected chi connectivity index (χ4v) is 3.95. The Balaban J connectivity index is 2.43. The van der Waals surface area contributed by atoms with Crippen molar-refractivity contribution in [1.29, 1.82) is 0 Å². The summed E-state index contributed by atoms with van der Waals surface area (Å²) in [6.07, 6.45) is 0.659. The van der Waals surface area contributed by atoms with Gasteiger partial charge in [-0.15, -0.1) is 23.2 Å². The van der Waals surface area contributed by atoms with Crippen molar-refractivity contribution in [3.8, 4) is 0 Å². The van der Waals surface area contributed by atoms with E-state index in [0.717, 1.165) is 15.6 Å². The summed E-state index contributed by atoms with van der Waals surface area (Å²) in [6.45, 7) is 0. The van der Waals surface area contributed by atoms with Gasteiger partial charge in [-0.2, -0.15) is 0 Å². The van der Waals surface area contributed by atoms with Gasteiger partial charge in [0.05, 0.1) is 0 Å². The predicted molar refractivity (Wildman–Crippen MR) is 97.4 cm³/mol. The van der Waals surface area contributed by atoms with E-state index in [1.54, 1.807) is 0 Å². The van der Waals surface area contributed by atoms with Gasteiger partial charge in [-0.05, 0) is 41.8 Å². The second kappa shape index (κ2) is 7.57. The van der Waals surface area contributed by atoms with Crippen LogP contribution in [-0.2, 0) is 11.8 Å². The standard InChI is InChI=1S/C16H13BrCl4/c17-13-5-4-11(15(21)7-13)8-16(9-18,10-19)12-2-1-3-14(20)6-12/h1-7H,8-10H2. The highest BCUT2D eigenvalue weighted by Gasteiger charge is 2.32. The fourth-order valence-electron chi connectivity index (χ4n) is 2.23. The van der Waals surface area contributed by atoms with Gasteiger partial charge in [-0.3, -0.25) is 0 Å². The second-order valence-electron chi connectivity index (χ2n) is 4.97. The maximum absolute atomic E-state index is 6.33. The zero-order valence-corrected chi connectivity index (χ0v) is 15.7. The Morgan fingerprint density at radius 3 is 2.24 bits per heavy atom. The molecule has 0 saturated carbocycles. The molecule has 112 valence electrons. The van der Waals surface area contributed by atoms with Crippen LogP contribution in [0.5, 0.6) is 0 Å². The summed E-state index contributed by atoms with van der Waals surface area (Å²) in [5.74, 6) is 0.784. The summed E-state index contributed by atoms with van der Waals surface area (Å²) in [7, 11) is 0. The first-order chi connectivity index (χ1) is 10.0. The Labute approximate surface area is 153 Å². The van der Waals surface area contributed by atoms with E-state index in [4.69, 9.17) is 46.4 Å². The maximum atomic E-state index is 6.33. The van der Waals surface area contributed by atoms with Gasteiger partial charge in [0.1, 0.15) is 0 Å². The fraction of sp³-hybridized carbons (Fsp3) is 0.250. The Morgan fingerprint density at radius 1 is 0.952 bits per heavy atom. The highest BCUT2D eigenvalue weighted by molar-refractivity contribution is 9.10. The van der Waals surface area contributed by atoms with Crippen LogP contribution < -0.4 is 0 Å². The minimum atomic E-state index is -0.397. The maximum Gasteiger partial charge on any atom is 0.0449 e. The van der Waals surface area contributed by atoms with Gasteiger partial charge in [0, 0.05) is 31.7 Å². The number of hydrogen-bond donors (Lipinski definition) is 0. The minimum absolute atomic E-state index is 0.392. The molecule has 2 rings (SSSR count). The molecule has 0 aliphatic carbocycles. The largest absolute Gasteiger partial charge is 0.126 e. The molecule has 0 saturated heterocycles. The van der Waals surface area contributed by atoms with Gasteiger partial charge in [-0.1, -0.05) is 57.3 Å². The topological polar surface area (TPSA) is 0 Å². The lowest BCUT2D eigenvalue weighted by Gasteiger charge is -2.31. The van der Waals surface area contributed by atoms with Crippen LogP contribution in [0, 0.1) is 0 Å². The molecule has 0 atom stereocenters. The van der Waals surface area contributed by atoms with Crippen molar-refractivity contribution in [3.05, 3.63) is 68.1 Å². The SMILES string of the molecule is ClCC(CCl)(Cc1ccc(Br)cc1Cl)c1cccc(Cl)c1. The van der Waals surface area contributed by atoms with E-state index in [2.05, 4.69) is 15.9 Å². The van der Waals surface area contributed by atoms with Gasteiger partial charge in [0.15, 0.2) is 0 Å². The molecule has 0 spiro atoms. The third kappa shape index (κ3) is 4.09. The van der Waals surface area contributed by atoms with E-state index in [1.165, 1.54) is 0 Å². The molecule has 0 N–H and O–H groups in total. The lowest BCUT2D eigenvalue weighted by Crippen LogP contribution is -2.33. The molecule has 2 aromatic carbocycles. The molecule has 21 heavy (non-hydrogen) atoms. The number of hydrogen-bond acceptors (Lipinski definition) is 0. The van der Waals surface area contributed by atoms with Gasteiger partial charge in [0.25, 0.3) is 0 Å². The third-order valence-corrected chi connectivity index (χ3v) is 5.60. The van der Waals surface area contributed by atoms with E-state index in [9.17, 15) is 0 Å². The Morgan fingerprint density at radius 2 is 1.67 bits per heavy atom. The molecular formula is C16H13BrCl4. The van der Waals surface area contributed by atoms with E-state index >= 15 is 0 Å². The summed E-state index contributed by atoms with van der Waals surface area (Å²) in [5, 5.41) is 1.38. The molecule has 0 radical (unpaired) electrons. The normalized spacial score (nSPS) is 11.7. The number of benzene rings is 2. The number of halogens is 5. The molecule has 0 unspecified atom stereocenters. The molecule has 0 fully saturated rings. The Kier molecular flexibility index (Phi) is 6.28. The van der Waals surface area contributed by atoms with Crippen LogP contribution in [0.25, 0.3) is 0 Å². The van der Waals surface area contributed by atoms with E-state index in [1.807, 2.05) is 42.5 Å². The molecule has 5 heteroatoms. The molecule has 0 heterocycles. The van der Waals surface area contributed by atoms with Crippen molar-refractivity contribution in [2.45, 2.75) is 11.8 Å². The monoisotopic (exact) mass is 424 g/mol. The second-order valence-corrected chi connectivity index (χ2v) is 7.26. The molecule has 0 nitrogen and oxygen atoms in total. The van der Waals surface area contributed by atoms with Gasteiger partial charge < -0.3 is 0 Å². The van der Waals surface area contributed by atoms with Gasteiger partial charge >= 0.3 is 0 Å². The van der Waals surface area contributed by atoms with Gasteiger partial charge in [0.2, 0.25) is 0 Å². The number of rotatable bonds is 5. The molecule has 0 bridgehead atoms. The first kappa shape index (κ1) is 17.4. The highest BCUT2D eigenvalue weighted by atomic mass is 79.9. The van der Waals surface area contributed by atoms with E-state index in [0.29, 0.717) is 28.2 Å². The molecule has 0 aliphatic rings. The molecular weight excluding hydrogens is 414 g/mol. The molecule has 0 amide bonds. The van der Waals surface area contributed by atoms with Crippen LogP contribution in [-0.4, -0.2) is 11.8 Å². The minimum Gasteiger partial charge on any atom is -0.126 e. The summed E-state index contributed by atoms with van der Waals surface area (Å²) in [4.78, 5) is 0. The van der Waals surface area contributed by atoms with Crippen molar-refractivity contribution in [2.24, 2.45) is 0 Å². The highest BCUT2D eigenvalue weighted by Crippen LogP contribution is 2.35. The smallest absolute Gasteiger partial charge is 0.0449 e. The lowest BCUT2D eigenvalue weighted by atomic mass is 9.79. The summed E-state index contributed by atoms with van der Waals surface area (Å²) in [6, 6.07) is 13.5. The average molecular weight is 427 g/mol. The zero-order valence-electron chi connectivity index (χ0n) is 11.1. The van der Waals surface area contributed by atoms with Crippen LogP contribution in [0.4, 0.5) is 0 Å². The average Bonchev–Trinajstić information content (AvgIpc) is 2.47. The summed E-state index contributed by atoms with van der Waals surface area (Å²) >= 11 is 28.4. The van der Waals surface area contributed by atoms with Crippen LogP contribution >= 0.6 is 62.3 Å². The van der Waals surface area contributed by atoms with Crippen LogP contribution in [0.3, 0.4) is 0 Å². The molecule has 0 aliphatic heterocycles. The molecule has 0 aromatic heterocycles. The van der Waals surface area contributed by atoms with Crippen LogP contribution in [0.1, 0.15) is 11.1 Å². The molecule has 2 aromatic rings. The summed E-state index contributed by atoms with van der Waals surface area (Å²) in [5.41, 5.74) is 1.64. The quantitative estimate of drug-likeness (QED) is 0.466. The first-order valence-electron chi connectivity index (χ1n) is 6.33. The van der Waals surface area contributed by atoms with E-state index in [-0.39, 0.29) is 0 Å². The van der Waals surface area contributed by atoms with Crippen molar-refractivity contribution in [2.75, 3.05) is 11.8 Å². The third-order valence-electron chi connectivity index (χ3n) is 3.49. The number of alkyl halides is 2. The zero-order chi connectivity index (χ0) is 15.5. The van der Waals surface area contributed by atoms with Crippen LogP contribution in [0.2, 0.25) is 10.0 Å². The van der Waals surface area contributed by atoms with Gasteiger partial charge in [-0.25, -0.2) is 0 Å². The van der Waals surface area contributed by atoms with Crippen molar-refractivity contribution >= 4 is 62.3 Å². The Hall–Kier alpha value is 0.0800.